The summed E-state index contributed by atoms with van der Waals surface area (Å²) < 4.78 is 0. The zero-order chi connectivity index (χ0) is 18.3. The molecule has 0 bridgehead atoms. The standard InChI is InChI=1S/C21H21ClN2O2/c1-14-12-15-6-3-5-9-18(15)24(14)20(26)21(10-11-21)19(25)23-13-16-7-2-4-8-17(16)22/h2-9,14H,10-13H2,1H3,(H,23,25). The number of nitrogens with one attached hydrogen (secondary N) is 1. The zero-order valence-corrected chi connectivity index (χ0v) is 15.4. The van der Waals surface area contributed by atoms with Crippen molar-refractivity contribution in [2.45, 2.75) is 38.8 Å². The van der Waals surface area contributed by atoms with E-state index in [4.69, 9.17) is 11.6 Å². The Morgan fingerprint density at radius 3 is 2.58 bits per heavy atom. The minimum Gasteiger partial charge on any atom is -0.351 e. The molecule has 1 aliphatic heterocycles. The summed E-state index contributed by atoms with van der Waals surface area (Å²) in [6, 6.07) is 15.4. The van der Waals surface area contributed by atoms with Crippen LogP contribution in [0.15, 0.2) is 48.5 Å². The van der Waals surface area contributed by atoms with Crippen molar-refractivity contribution < 1.29 is 9.59 Å². The van der Waals surface area contributed by atoms with Crippen LogP contribution >= 0.6 is 11.6 Å². The monoisotopic (exact) mass is 368 g/mol. The molecule has 2 amide bonds. The van der Waals surface area contributed by atoms with E-state index in [1.807, 2.05) is 48.2 Å². The highest BCUT2D eigenvalue weighted by Crippen LogP contribution is 2.50. The van der Waals surface area contributed by atoms with Crippen LogP contribution in [0.2, 0.25) is 5.02 Å². The fraction of sp³-hybridized carbons (Fsp3) is 0.333. The van der Waals surface area contributed by atoms with Crippen LogP contribution in [0.5, 0.6) is 0 Å². The average Bonchev–Trinajstić information content (AvgIpc) is 3.38. The molecule has 1 atom stereocenters. The van der Waals surface area contributed by atoms with Crippen LogP contribution in [-0.2, 0) is 22.6 Å². The van der Waals surface area contributed by atoms with E-state index < -0.39 is 5.41 Å². The predicted octanol–water partition coefficient (Wildman–Crippen LogP) is 3.71. The number of amides is 2. The van der Waals surface area contributed by atoms with Gasteiger partial charge >= 0.3 is 0 Å². The van der Waals surface area contributed by atoms with Crippen molar-refractivity contribution in [3.63, 3.8) is 0 Å². The van der Waals surface area contributed by atoms with E-state index in [0.717, 1.165) is 17.7 Å². The maximum Gasteiger partial charge on any atom is 0.242 e. The Hall–Kier alpha value is -2.33. The van der Waals surface area contributed by atoms with E-state index in [-0.39, 0.29) is 17.9 Å². The van der Waals surface area contributed by atoms with Gasteiger partial charge in [-0.1, -0.05) is 48.0 Å². The minimum atomic E-state index is -0.924. The van der Waals surface area contributed by atoms with Crippen molar-refractivity contribution in [1.82, 2.24) is 5.32 Å². The van der Waals surface area contributed by atoms with Crippen LogP contribution in [0.4, 0.5) is 5.69 Å². The van der Waals surface area contributed by atoms with E-state index >= 15 is 0 Å². The van der Waals surface area contributed by atoms with Crippen molar-refractivity contribution in [3.05, 3.63) is 64.7 Å². The molecule has 0 spiro atoms. The highest BCUT2D eigenvalue weighted by molar-refractivity contribution is 6.31. The number of carbonyl (C=O) groups excluding carboxylic acids is 2. The number of hydrogen-bond acceptors (Lipinski definition) is 2. The third-order valence-electron chi connectivity index (χ3n) is 5.42. The largest absolute Gasteiger partial charge is 0.351 e. The Bertz CT molecular complexity index is 876. The molecule has 1 N–H and O–H groups in total. The number of rotatable bonds is 4. The first-order valence-electron chi connectivity index (χ1n) is 8.96. The summed E-state index contributed by atoms with van der Waals surface area (Å²) in [5.74, 6) is -0.273. The van der Waals surface area contributed by atoms with Gasteiger partial charge in [-0.2, -0.15) is 0 Å². The van der Waals surface area contributed by atoms with Crippen LogP contribution < -0.4 is 10.2 Å². The second kappa shape index (κ2) is 6.44. The van der Waals surface area contributed by atoms with Crippen molar-refractivity contribution in [3.8, 4) is 0 Å². The topological polar surface area (TPSA) is 49.4 Å². The molecule has 2 aromatic carbocycles. The number of para-hydroxylation sites is 1. The first kappa shape index (κ1) is 17.1. The molecule has 4 rings (SSSR count). The normalized spacial score (nSPS) is 19.8. The number of carbonyl (C=O) groups is 2. The van der Waals surface area contributed by atoms with Gasteiger partial charge in [-0.15, -0.1) is 0 Å². The van der Waals surface area contributed by atoms with Gasteiger partial charge in [0.15, 0.2) is 0 Å². The van der Waals surface area contributed by atoms with Gasteiger partial charge in [-0.05, 0) is 49.4 Å². The Morgan fingerprint density at radius 2 is 1.85 bits per heavy atom. The summed E-state index contributed by atoms with van der Waals surface area (Å²) >= 11 is 6.15. The molecular formula is C21H21ClN2O2. The second-order valence-electron chi connectivity index (χ2n) is 7.21. The summed E-state index contributed by atoms with van der Waals surface area (Å²) in [6.07, 6.45) is 2.04. The van der Waals surface area contributed by atoms with Crippen LogP contribution in [0.3, 0.4) is 0 Å². The van der Waals surface area contributed by atoms with Gasteiger partial charge < -0.3 is 10.2 Å². The highest BCUT2D eigenvalue weighted by atomic mass is 35.5. The molecule has 0 radical (unpaired) electrons. The lowest BCUT2D eigenvalue weighted by atomic mass is 10.0. The van der Waals surface area contributed by atoms with Crippen LogP contribution in [0, 0.1) is 5.41 Å². The summed E-state index contributed by atoms with van der Waals surface area (Å²) in [5.41, 5.74) is 2.04. The molecule has 2 aromatic rings. The van der Waals surface area contributed by atoms with Gasteiger partial charge in [0.25, 0.3) is 0 Å². The quantitative estimate of drug-likeness (QED) is 0.836. The number of anilines is 1. The molecule has 1 aliphatic carbocycles. The lowest BCUT2D eigenvalue weighted by molar-refractivity contribution is -0.136. The number of halogens is 1. The lowest BCUT2D eigenvalue weighted by Crippen LogP contribution is -2.47. The third-order valence-corrected chi connectivity index (χ3v) is 5.79. The Balaban J connectivity index is 1.51. The second-order valence-corrected chi connectivity index (χ2v) is 7.62. The van der Waals surface area contributed by atoms with Crippen molar-refractivity contribution >= 4 is 29.1 Å². The number of fused-ring (bicyclic) bond motifs is 1. The van der Waals surface area contributed by atoms with Gasteiger partial charge in [0.05, 0.1) is 0 Å². The predicted molar refractivity (Wildman–Crippen MR) is 102 cm³/mol. The van der Waals surface area contributed by atoms with Crippen LogP contribution in [0.1, 0.15) is 30.9 Å². The molecule has 0 saturated heterocycles. The molecule has 1 fully saturated rings. The fourth-order valence-corrected chi connectivity index (χ4v) is 3.96. The first-order chi connectivity index (χ1) is 12.5. The van der Waals surface area contributed by atoms with Crippen molar-refractivity contribution in [2.75, 3.05) is 4.90 Å². The van der Waals surface area contributed by atoms with E-state index in [2.05, 4.69) is 11.4 Å². The summed E-state index contributed by atoms with van der Waals surface area (Å²) in [5, 5.41) is 3.53. The van der Waals surface area contributed by atoms with Crippen LogP contribution in [0.25, 0.3) is 0 Å². The SMILES string of the molecule is CC1Cc2ccccc2N1C(=O)C1(C(=O)NCc2ccccc2Cl)CC1. The smallest absolute Gasteiger partial charge is 0.242 e. The highest BCUT2D eigenvalue weighted by Gasteiger charge is 2.59. The minimum absolute atomic E-state index is 0.0772. The first-order valence-corrected chi connectivity index (χ1v) is 9.34. The molecule has 1 saturated carbocycles. The zero-order valence-electron chi connectivity index (χ0n) is 14.7. The summed E-state index contributed by atoms with van der Waals surface area (Å²) in [6.45, 7) is 2.37. The van der Waals surface area contributed by atoms with Crippen LogP contribution in [-0.4, -0.2) is 17.9 Å². The third kappa shape index (κ3) is 2.78. The molecule has 1 heterocycles. The molecule has 134 valence electrons. The Kier molecular flexibility index (Phi) is 4.23. The number of nitrogens with zero attached hydrogens (tertiary/aromatic N) is 1. The van der Waals surface area contributed by atoms with Crippen molar-refractivity contribution in [1.29, 1.82) is 0 Å². The van der Waals surface area contributed by atoms with Gasteiger partial charge in [-0.3, -0.25) is 9.59 Å². The summed E-state index contributed by atoms with van der Waals surface area (Å²) in [7, 11) is 0. The number of benzene rings is 2. The van der Waals surface area contributed by atoms with Gasteiger partial charge in [0, 0.05) is 23.3 Å². The fourth-order valence-electron chi connectivity index (χ4n) is 3.76. The van der Waals surface area contributed by atoms with E-state index in [0.29, 0.717) is 24.4 Å². The summed E-state index contributed by atoms with van der Waals surface area (Å²) in [4.78, 5) is 27.9. The molecule has 5 heteroatoms. The molecule has 1 unspecified atom stereocenters. The van der Waals surface area contributed by atoms with E-state index in [1.54, 1.807) is 6.07 Å². The number of hydrogen-bond donors (Lipinski definition) is 1. The maximum absolute atomic E-state index is 13.3. The average molecular weight is 369 g/mol. The Morgan fingerprint density at radius 1 is 1.15 bits per heavy atom. The van der Waals surface area contributed by atoms with Gasteiger partial charge in [0.1, 0.15) is 5.41 Å². The molecule has 26 heavy (non-hydrogen) atoms. The molecule has 0 aromatic heterocycles. The Labute approximate surface area is 158 Å². The van der Waals surface area contributed by atoms with Crippen molar-refractivity contribution in [2.24, 2.45) is 5.41 Å². The molecule has 4 nitrogen and oxygen atoms in total. The lowest BCUT2D eigenvalue weighted by Gasteiger charge is -2.27. The van der Waals surface area contributed by atoms with E-state index in [9.17, 15) is 9.59 Å². The van der Waals surface area contributed by atoms with Gasteiger partial charge in [-0.25, -0.2) is 0 Å². The molecular weight excluding hydrogens is 348 g/mol. The van der Waals surface area contributed by atoms with E-state index in [1.165, 1.54) is 5.56 Å². The van der Waals surface area contributed by atoms with Gasteiger partial charge in [0.2, 0.25) is 11.8 Å². The molecule has 2 aliphatic rings. The maximum atomic E-state index is 13.3.